The Bertz CT molecular complexity index is 730. The van der Waals surface area contributed by atoms with E-state index < -0.39 is 15.8 Å². The molecule has 102 valence electrons. The number of imidazole rings is 1. The van der Waals surface area contributed by atoms with Crippen LogP contribution in [0.4, 0.5) is 10.1 Å². The SMILES string of the molecule is Cn1cnc(S(=O)(=O)Nc2ccc(F)c(Cl)c2)c1Cl. The Hall–Kier alpha value is -1.31. The van der Waals surface area contributed by atoms with Gasteiger partial charge in [0.1, 0.15) is 11.0 Å². The van der Waals surface area contributed by atoms with Crippen LogP contribution in [0, 0.1) is 5.82 Å². The predicted molar refractivity (Wildman–Crippen MR) is 70.4 cm³/mol. The standard InChI is InChI=1S/C10H8Cl2FN3O2S/c1-16-5-14-10(9(16)12)19(17,18)15-6-2-3-8(13)7(11)4-6/h2-5,15H,1H3. The van der Waals surface area contributed by atoms with E-state index in [0.717, 1.165) is 12.1 Å². The fraction of sp³-hybridized carbons (Fsp3) is 0.100. The topological polar surface area (TPSA) is 64.0 Å². The van der Waals surface area contributed by atoms with Crippen molar-refractivity contribution in [1.82, 2.24) is 9.55 Å². The van der Waals surface area contributed by atoms with E-state index in [1.54, 1.807) is 7.05 Å². The van der Waals surface area contributed by atoms with Crippen LogP contribution in [0.1, 0.15) is 0 Å². The van der Waals surface area contributed by atoms with Gasteiger partial charge in [0.05, 0.1) is 17.0 Å². The molecular formula is C10H8Cl2FN3O2S. The summed E-state index contributed by atoms with van der Waals surface area (Å²) in [6.07, 6.45) is 1.27. The summed E-state index contributed by atoms with van der Waals surface area (Å²) in [6, 6.07) is 3.46. The van der Waals surface area contributed by atoms with Crippen molar-refractivity contribution in [2.45, 2.75) is 5.03 Å². The highest BCUT2D eigenvalue weighted by molar-refractivity contribution is 7.92. The van der Waals surface area contributed by atoms with Gasteiger partial charge in [-0.2, -0.15) is 8.42 Å². The molecule has 1 aromatic heterocycles. The Morgan fingerprint density at radius 2 is 2.05 bits per heavy atom. The Morgan fingerprint density at radius 3 is 2.58 bits per heavy atom. The number of halogens is 3. The van der Waals surface area contributed by atoms with Gasteiger partial charge in [0.15, 0.2) is 0 Å². The number of rotatable bonds is 3. The molecule has 2 aromatic rings. The van der Waals surface area contributed by atoms with E-state index in [1.807, 2.05) is 0 Å². The van der Waals surface area contributed by atoms with Gasteiger partial charge < -0.3 is 4.57 Å². The van der Waals surface area contributed by atoms with E-state index in [-0.39, 0.29) is 20.9 Å². The molecule has 0 aliphatic rings. The first-order valence-corrected chi connectivity index (χ1v) is 7.20. The molecule has 0 atom stereocenters. The van der Waals surface area contributed by atoms with Gasteiger partial charge in [0, 0.05) is 7.05 Å². The van der Waals surface area contributed by atoms with Crippen molar-refractivity contribution in [3.8, 4) is 0 Å². The molecule has 0 aliphatic heterocycles. The van der Waals surface area contributed by atoms with Crippen molar-refractivity contribution in [3.05, 3.63) is 40.5 Å². The fourth-order valence-electron chi connectivity index (χ4n) is 1.34. The summed E-state index contributed by atoms with van der Waals surface area (Å²) in [5.41, 5.74) is 0.119. The van der Waals surface area contributed by atoms with E-state index in [9.17, 15) is 12.8 Å². The Morgan fingerprint density at radius 1 is 1.37 bits per heavy atom. The number of anilines is 1. The zero-order valence-corrected chi connectivity index (χ0v) is 11.9. The van der Waals surface area contributed by atoms with Gasteiger partial charge in [-0.1, -0.05) is 23.2 Å². The summed E-state index contributed by atoms with van der Waals surface area (Å²) < 4.78 is 40.6. The molecule has 0 bridgehead atoms. The minimum Gasteiger partial charge on any atom is -0.324 e. The molecule has 0 saturated carbocycles. The summed E-state index contributed by atoms with van der Waals surface area (Å²) in [4.78, 5) is 3.70. The summed E-state index contributed by atoms with van der Waals surface area (Å²) in [6.45, 7) is 0. The maximum atomic E-state index is 13.0. The average molecular weight is 324 g/mol. The third kappa shape index (κ3) is 2.83. The highest BCUT2D eigenvalue weighted by atomic mass is 35.5. The first kappa shape index (κ1) is 14.1. The molecule has 2 rings (SSSR count). The van der Waals surface area contributed by atoms with Gasteiger partial charge >= 0.3 is 0 Å². The van der Waals surface area contributed by atoms with Gasteiger partial charge in [-0.05, 0) is 18.2 Å². The third-order valence-corrected chi connectivity index (χ3v) is 4.42. The maximum Gasteiger partial charge on any atom is 0.282 e. The van der Waals surface area contributed by atoms with Gasteiger partial charge in [-0.25, -0.2) is 9.37 Å². The van der Waals surface area contributed by atoms with Crippen LogP contribution in [-0.2, 0) is 17.1 Å². The van der Waals surface area contributed by atoms with Gasteiger partial charge in [0.25, 0.3) is 10.0 Å². The normalized spacial score (nSPS) is 11.6. The number of nitrogens with one attached hydrogen (secondary N) is 1. The minimum atomic E-state index is -3.95. The van der Waals surface area contributed by atoms with Crippen molar-refractivity contribution in [3.63, 3.8) is 0 Å². The molecule has 1 N–H and O–H groups in total. The Labute approximate surface area is 119 Å². The zero-order chi connectivity index (χ0) is 14.2. The average Bonchev–Trinajstić information content (AvgIpc) is 2.65. The number of hydrogen-bond acceptors (Lipinski definition) is 3. The second kappa shape index (κ2) is 4.99. The van der Waals surface area contributed by atoms with E-state index in [4.69, 9.17) is 23.2 Å². The summed E-state index contributed by atoms with van der Waals surface area (Å²) >= 11 is 11.4. The highest BCUT2D eigenvalue weighted by Gasteiger charge is 2.22. The van der Waals surface area contributed by atoms with Crippen LogP contribution in [0.5, 0.6) is 0 Å². The first-order chi connectivity index (χ1) is 8.81. The number of sulfonamides is 1. The number of hydrogen-bond donors (Lipinski definition) is 1. The summed E-state index contributed by atoms with van der Waals surface area (Å²) in [7, 11) is -2.39. The van der Waals surface area contributed by atoms with Crippen molar-refractivity contribution in [2.75, 3.05) is 4.72 Å². The van der Waals surface area contributed by atoms with Crippen molar-refractivity contribution >= 4 is 38.9 Å². The molecule has 1 aromatic carbocycles. The van der Waals surface area contributed by atoms with Crippen LogP contribution >= 0.6 is 23.2 Å². The van der Waals surface area contributed by atoms with Crippen LogP contribution in [-0.4, -0.2) is 18.0 Å². The second-order valence-corrected chi connectivity index (χ2v) is 6.05. The van der Waals surface area contributed by atoms with Gasteiger partial charge in [0.2, 0.25) is 5.03 Å². The van der Waals surface area contributed by atoms with Crippen LogP contribution < -0.4 is 4.72 Å². The van der Waals surface area contributed by atoms with Crippen molar-refractivity contribution in [1.29, 1.82) is 0 Å². The molecule has 0 fully saturated rings. The van der Waals surface area contributed by atoms with Crippen LogP contribution in [0.25, 0.3) is 0 Å². The molecule has 0 unspecified atom stereocenters. The molecule has 19 heavy (non-hydrogen) atoms. The molecule has 0 amide bonds. The lowest BCUT2D eigenvalue weighted by molar-refractivity contribution is 0.598. The third-order valence-electron chi connectivity index (χ3n) is 2.26. The maximum absolute atomic E-state index is 13.0. The quantitative estimate of drug-likeness (QED) is 0.944. The Balaban J connectivity index is 2.36. The monoisotopic (exact) mass is 323 g/mol. The smallest absolute Gasteiger partial charge is 0.282 e. The molecule has 0 aliphatic carbocycles. The number of benzene rings is 1. The summed E-state index contributed by atoms with van der Waals surface area (Å²) in [5.74, 6) is -0.638. The molecular weight excluding hydrogens is 316 g/mol. The fourth-order valence-corrected chi connectivity index (χ4v) is 3.00. The lowest BCUT2D eigenvalue weighted by Gasteiger charge is -2.07. The molecule has 0 spiro atoms. The first-order valence-electron chi connectivity index (χ1n) is 4.96. The highest BCUT2D eigenvalue weighted by Crippen LogP contribution is 2.24. The summed E-state index contributed by atoms with van der Waals surface area (Å²) in [5, 5.41) is -0.523. The number of aryl methyl sites for hydroxylation is 1. The van der Waals surface area contributed by atoms with E-state index in [1.165, 1.54) is 17.0 Å². The molecule has 5 nitrogen and oxygen atoms in total. The van der Waals surface area contributed by atoms with Crippen molar-refractivity contribution in [2.24, 2.45) is 7.05 Å². The van der Waals surface area contributed by atoms with E-state index in [0.29, 0.717) is 0 Å². The van der Waals surface area contributed by atoms with Gasteiger partial charge in [-0.15, -0.1) is 0 Å². The number of aromatic nitrogens is 2. The Kier molecular flexibility index (Phi) is 3.71. The van der Waals surface area contributed by atoms with Gasteiger partial charge in [-0.3, -0.25) is 4.72 Å². The molecule has 0 radical (unpaired) electrons. The molecule has 9 heteroatoms. The minimum absolute atomic E-state index is 0.0271. The van der Waals surface area contributed by atoms with Crippen molar-refractivity contribution < 1.29 is 12.8 Å². The zero-order valence-electron chi connectivity index (χ0n) is 9.56. The lowest BCUT2D eigenvalue weighted by atomic mass is 10.3. The van der Waals surface area contributed by atoms with Crippen LogP contribution in [0.15, 0.2) is 29.6 Å². The second-order valence-electron chi connectivity index (χ2n) is 3.69. The predicted octanol–water partition coefficient (Wildman–Crippen LogP) is 2.67. The van der Waals surface area contributed by atoms with E-state index in [2.05, 4.69) is 9.71 Å². The van der Waals surface area contributed by atoms with Crippen LogP contribution in [0.3, 0.4) is 0 Å². The van der Waals surface area contributed by atoms with E-state index >= 15 is 0 Å². The molecule has 1 heterocycles. The van der Waals surface area contributed by atoms with Crippen LogP contribution in [0.2, 0.25) is 10.2 Å². The molecule has 0 saturated heterocycles. The largest absolute Gasteiger partial charge is 0.324 e. The lowest BCUT2D eigenvalue weighted by Crippen LogP contribution is -2.14. The number of nitrogens with zero attached hydrogens (tertiary/aromatic N) is 2.